The normalized spacial score (nSPS) is 51.5. The maximum absolute atomic E-state index is 11.4. The highest BCUT2D eigenvalue weighted by Gasteiger charge is 2.57. The summed E-state index contributed by atoms with van der Waals surface area (Å²) < 4.78 is 91.1. The van der Waals surface area contributed by atoms with Crippen molar-refractivity contribution in [2.75, 3.05) is 59.5 Å². The molecule has 0 aromatic carbocycles. The summed E-state index contributed by atoms with van der Waals surface area (Å²) in [5, 5.41) is 235. The second-order valence-electron chi connectivity index (χ2n) is 22.5. The van der Waals surface area contributed by atoms with Crippen molar-refractivity contribution >= 4 is 0 Å². The van der Waals surface area contributed by atoms with Crippen molar-refractivity contribution in [2.45, 2.75) is 254 Å². The van der Waals surface area contributed by atoms with E-state index in [1.54, 1.807) is 6.92 Å². The van der Waals surface area contributed by atoms with Crippen LogP contribution in [0.3, 0.4) is 0 Å². The second kappa shape index (κ2) is 32.3. The zero-order chi connectivity index (χ0) is 64.2. The van der Waals surface area contributed by atoms with Gasteiger partial charge in [-0.1, -0.05) is 0 Å². The Morgan fingerprint density at radius 1 is 0.250 bits per heavy atom. The highest BCUT2D eigenvalue weighted by molar-refractivity contribution is 5.00. The minimum absolute atomic E-state index is 0.198. The van der Waals surface area contributed by atoms with E-state index in [1.165, 1.54) is 0 Å². The fraction of sp³-hybridized carbons (Fsp3) is 1.00. The average molecular weight is 1300 g/mol. The Bertz CT molecular complexity index is 2060. The zero-order valence-electron chi connectivity index (χ0n) is 47.2. The molecule has 8 rings (SSSR count). The lowest BCUT2D eigenvalue weighted by Crippen LogP contribution is -2.67. The van der Waals surface area contributed by atoms with Gasteiger partial charge in [-0.25, -0.2) is 0 Å². The number of hydrogen-bond donors (Lipinski definition) is 22. The lowest BCUT2D eigenvalue weighted by molar-refractivity contribution is -0.397. The first-order valence-corrected chi connectivity index (χ1v) is 28.8. The number of rotatable bonds is 24. The van der Waals surface area contributed by atoms with E-state index >= 15 is 0 Å². The SMILES string of the molecule is CCOC1C(O)CC(OC2OC(CO)C(OC3C(O)CC(OC4OC(CO)C(OC5C(CO)OC(OC6OC(CO)C(OC7C(O)CC(OC8OC(CO)C(O)C(O)C8O)OC7CO)C(O)C6O)C(O)C5O)C(O)C4O)OC3CO)C(O)C2O)OC1CO. The summed E-state index contributed by atoms with van der Waals surface area (Å²) >= 11 is 0. The van der Waals surface area contributed by atoms with Crippen molar-refractivity contribution in [3.8, 4) is 0 Å². The molecule has 0 aliphatic carbocycles. The van der Waals surface area contributed by atoms with Crippen LogP contribution in [0.4, 0.5) is 0 Å². The first kappa shape index (κ1) is 72.3. The molecule has 37 atom stereocenters. The van der Waals surface area contributed by atoms with Crippen LogP contribution in [-0.2, 0) is 75.8 Å². The molecule has 514 valence electrons. The average Bonchev–Trinajstić information content (AvgIpc) is 1.24. The molecule has 8 fully saturated rings. The minimum Gasteiger partial charge on any atom is -0.394 e. The summed E-state index contributed by atoms with van der Waals surface area (Å²) in [4.78, 5) is 0. The molecule has 22 N–H and O–H groups in total. The molecule has 88 heavy (non-hydrogen) atoms. The Morgan fingerprint density at radius 3 is 0.784 bits per heavy atom. The van der Waals surface area contributed by atoms with Gasteiger partial charge in [0.1, 0.15) is 159 Å². The lowest BCUT2D eigenvalue weighted by atomic mass is 9.95. The van der Waals surface area contributed by atoms with E-state index in [0.29, 0.717) is 0 Å². The molecule has 8 saturated heterocycles. The van der Waals surface area contributed by atoms with E-state index in [-0.39, 0.29) is 13.0 Å². The van der Waals surface area contributed by atoms with E-state index in [1.807, 2.05) is 0 Å². The van der Waals surface area contributed by atoms with E-state index in [0.717, 1.165) is 0 Å². The Kier molecular flexibility index (Phi) is 26.5. The van der Waals surface area contributed by atoms with Crippen LogP contribution in [0.5, 0.6) is 0 Å². The maximum Gasteiger partial charge on any atom is 0.189 e. The highest BCUT2D eigenvalue weighted by Crippen LogP contribution is 2.38. The van der Waals surface area contributed by atoms with Crippen LogP contribution in [-0.4, -0.2) is 399 Å². The summed E-state index contributed by atoms with van der Waals surface area (Å²) in [7, 11) is 0. The number of aliphatic hydroxyl groups excluding tert-OH is 22. The molecule has 38 heteroatoms. The van der Waals surface area contributed by atoms with Crippen molar-refractivity contribution in [3.05, 3.63) is 0 Å². The van der Waals surface area contributed by atoms with Crippen LogP contribution in [0.25, 0.3) is 0 Å². The molecule has 8 aliphatic heterocycles. The van der Waals surface area contributed by atoms with Gasteiger partial charge in [0.05, 0.1) is 71.2 Å². The standard InChI is InChI=1S/C50H86O38/c1-2-73-39-14(59)3-25(74-18(39)7-52)83-47-35(69)30(64)42(21(10-55)78-47)85-40-16(61)5-27(76-20(40)9-54)84-48-36(70)31(65)44(23(12-57)79-48)87-45-24(13-58)81-50(38(72)33(45)67)88-49-37(71)32(66)43(22(11-56)80-49)86-41-15(60)4-26(75-19(41)8-53)82-46-34(68)29(63)28(62)17(6-51)77-46/h14-72H,2-13H2,1H3. The van der Waals surface area contributed by atoms with Gasteiger partial charge in [-0.15, -0.1) is 0 Å². The lowest BCUT2D eigenvalue weighted by Gasteiger charge is -2.49. The van der Waals surface area contributed by atoms with E-state index in [4.69, 9.17) is 75.8 Å². The third-order valence-electron chi connectivity index (χ3n) is 16.6. The second-order valence-corrected chi connectivity index (χ2v) is 22.5. The molecular formula is C50H86O38. The molecule has 8 heterocycles. The quantitative estimate of drug-likeness (QED) is 0.0427. The molecule has 0 saturated carbocycles. The van der Waals surface area contributed by atoms with Crippen molar-refractivity contribution in [2.24, 2.45) is 0 Å². The largest absolute Gasteiger partial charge is 0.394 e. The van der Waals surface area contributed by atoms with Crippen LogP contribution in [0, 0.1) is 0 Å². The van der Waals surface area contributed by atoms with Gasteiger partial charge in [0, 0.05) is 25.9 Å². The van der Waals surface area contributed by atoms with Crippen LogP contribution >= 0.6 is 0 Å². The van der Waals surface area contributed by atoms with Gasteiger partial charge in [-0.05, 0) is 6.92 Å². The zero-order valence-corrected chi connectivity index (χ0v) is 47.2. The summed E-state index contributed by atoms with van der Waals surface area (Å²) in [5.74, 6) is 0. The van der Waals surface area contributed by atoms with Gasteiger partial charge in [0.25, 0.3) is 0 Å². The first-order valence-electron chi connectivity index (χ1n) is 28.8. The number of ether oxygens (including phenoxy) is 16. The third-order valence-corrected chi connectivity index (χ3v) is 16.6. The summed E-state index contributed by atoms with van der Waals surface area (Å²) in [5.41, 5.74) is 0. The van der Waals surface area contributed by atoms with Crippen molar-refractivity contribution in [3.63, 3.8) is 0 Å². The Hall–Kier alpha value is -1.52. The van der Waals surface area contributed by atoms with Crippen molar-refractivity contribution in [1.82, 2.24) is 0 Å². The molecule has 0 amide bonds. The Labute approximate surface area is 500 Å². The highest BCUT2D eigenvalue weighted by atomic mass is 16.8. The molecule has 0 spiro atoms. The molecule has 0 aromatic heterocycles. The topological polar surface area (TPSA) is 593 Å². The maximum atomic E-state index is 11.4. The van der Waals surface area contributed by atoms with Gasteiger partial charge in [-0.2, -0.15) is 0 Å². The molecule has 8 aliphatic rings. The van der Waals surface area contributed by atoms with Gasteiger partial charge in [0.15, 0.2) is 50.3 Å². The Morgan fingerprint density at radius 2 is 0.489 bits per heavy atom. The van der Waals surface area contributed by atoms with Crippen LogP contribution in [0.2, 0.25) is 0 Å². The summed E-state index contributed by atoms with van der Waals surface area (Å²) in [6, 6.07) is 0. The minimum atomic E-state index is -2.19. The van der Waals surface area contributed by atoms with E-state index in [9.17, 15) is 112 Å². The van der Waals surface area contributed by atoms with Crippen LogP contribution < -0.4 is 0 Å². The monoisotopic (exact) mass is 1290 g/mol. The summed E-state index contributed by atoms with van der Waals surface area (Å²) in [6.07, 6.45) is -64.1. The molecule has 38 nitrogen and oxygen atoms in total. The third kappa shape index (κ3) is 15.7. The molecule has 0 radical (unpaired) electrons. The fourth-order valence-corrected chi connectivity index (χ4v) is 11.8. The molecular weight excluding hydrogens is 1210 g/mol. The van der Waals surface area contributed by atoms with Gasteiger partial charge in [0.2, 0.25) is 0 Å². The Balaban J connectivity index is 0.828. The fourth-order valence-electron chi connectivity index (χ4n) is 11.8. The summed E-state index contributed by atoms with van der Waals surface area (Å²) in [6.45, 7) is -5.09. The predicted octanol–water partition coefficient (Wildman–Crippen LogP) is -14.3. The van der Waals surface area contributed by atoms with E-state index < -0.39 is 293 Å². The molecule has 37 unspecified atom stereocenters. The van der Waals surface area contributed by atoms with Crippen LogP contribution in [0.15, 0.2) is 0 Å². The van der Waals surface area contributed by atoms with Gasteiger partial charge in [-0.3, -0.25) is 0 Å². The van der Waals surface area contributed by atoms with Crippen molar-refractivity contribution in [1.29, 1.82) is 0 Å². The molecule has 0 aromatic rings. The van der Waals surface area contributed by atoms with Crippen molar-refractivity contribution < 1.29 is 188 Å². The van der Waals surface area contributed by atoms with Gasteiger partial charge >= 0.3 is 0 Å². The smallest absolute Gasteiger partial charge is 0.189 e. The van der Waals surface area contributed by atoms with E-state index in [2.05, 4.69) is 0 Å². The predicted molar refractivity (Wildman–Crippen MR) is 270 cm³/mol. The number of aliphatic hydroxyl groups is 22. The van der Waals surface area contributed by atoms with Crippen LogP contribution in [0.1, 0.15) is 26.2 Å². The van der Waals surface area contributed by atoms with Gasteiger partial charge < -0.3 is 188 Å². The first-order chi connectivity index (χ1) is 42.0. The number of hydrogen-bond acceptors (Lipinski definition) is 38. The molecule has 0 bridgehead atoms.